The monoisotopic (exact) mass is 365 g/mol. The van der Waals surface area contributed by atoms with E-state index in [2.05, 4.69) is 20.6 Å². The molecule has 27 heavy (non-hydrogen) atoms. The maximum Gasteiger partial charge on any atom is 0.274 e. The van der Waals surface area contributed by atoms with Crippen LogP contribution in [0.5, 0.6) is 0 Å². The van der Waals surface area contributed by atoms with Crippen LogP contribution in [0.4, 0.5) is 21.5 Å². The van der Waals surface area contributed by atoms with Crippen molar-refractivity contribution in [1.82, 2.24) is 9.97 Å². The van der Waals surface area contributed by atoms with Crippen LogP contribution in [0, 0.1) is 5.95 Å². The number of halogens is 1. The average Bonchev–Trinajstić information content (AvgIpc) is 2.64. The molecule has 3 aromatic rings. The summed E-state index contributed by atoms with van der Waals surface area (Å²) in [5.41, 5.74) is 8.77. The molecule has 2 heterocycles. The molecular formula is C19H16FN5O2. The van der Waals surface area contributed by atoms with Crippen molar-refractivity contribution in [3.63, 3.8) is 0 Å². The maximum atomic E-state index is 13.0. The molecule has 4 N–H and O–H groups in total. The number of nitrogen functional groups attached to an aromatic ring is 1. The predicted octanol–water partition coefficient (Wildman–Crippen LogP) is 3.08. The average molecular weight is 365 g/mol. The number of amides is 2. The van der Waals surface area contributed by atoms with E-state index in [4.69, 9.17) is 5.73 Å². The topological polar surface area (TPSA) is 110 Å². The minimum atomic E-state index is -0.573. The smallest absolute Gasteiger partial charge is 0.274 e. The number of hydrogen-bond acceptors (Lipinski definition) is 5. The molecule has 0 unspecified atom stereocenters. The first-order valence-corrected chi connectivity index (χ1v) is 7.99. The van der Waals surface area contributed by atoms with Crippen molar-refractivity contribution < 1.29 is 14.0 Å². The van der Waals surface area contributed by atoms with E-state index in [1.165, 1.54) is 31.5 Å². The van der Waals surface area contributed by atoms with Gasteiger partial charge in [-0.05, 0) is 42.0 Å². The van der Waals surface area contributed by atoms with Gasteiger partial charge in [0.15, 0.2) is 0 Å². The van der Waals surface area contributed by atoms with Crippen LogP contribution in [0.25, 0.3) is 11.1 Å². The Bertz CT molecular complexity index is 988. The van der Waals surface area contributed by atoms with Crippen molar-refractivity contribution in [2.45, 2.75) is 6.92 Å². The van der Waals surface area contributed by atoms with Gasteiger partial charge in [-0.1, -0.05) is 6.07 Å². The zero-order valence-corrected chi connectivity index (χ0v) is 14.4. The minimum absolute atomic E-state index is 0.164. The lowest BCUT2D eigenvalue weighted by Gasteiger charge is -2.11. The van der Waals surface area contributed by atoms with Gasteiger partial charge in [0.25, 0.3) is 5.91 Å². The van der Waals surface area contributed by atoms with Crippen LogP contribution >= 0.6 is 0 Å². The van der Waals surface area contributed by atoms with E-state index in [1.807, 2.05) is 0 Å². The predicted molar refractivity (Wildman–Crippen MR) is 101 cm³/mol. The third-order valence-corrected chi connectivity index (χ3v) is 3.68. The second-order valence-corrected chi connectivity index (χ2v) is 5.74. The number of anilines is 3. The Labute approximate surface area is 154 Å². The molecule has 1 aromatic carbocycles. The summed E-state index contributed by atoms with van der Waals surface area (Å²) in [6, 6.07) is 11.0. The summed E-state index contributed by atoms with van der Waals surface area (Å²) in [4.78, 5) is 31.1. The van der Waals surface area contributed by atoms with Gasteiger partial charge in [0, 0.05) is 18.7 Å². The van der Waals surface area contributed by atoms with E-state index < -0.39 is 11.9 Å². The van der Waals surface area contributed by atoms with Gasteiger partial charge in [-0.3, -0.25) is 9.59 Å². The summed E-state index contributed by atoms with van der Waals surface area (Å²) in [5.74, 6) is -1.25. The molecular weight excluding hydrogens is 349 g/mol. The van der Waals surface area contributed by atoms with Gasteiger partial charge < -0.3 is 16.4 Å². The largest absolute Gasteiger partial charge is 0.397 e. The Hall–Kier alpha value is -3.81. The number of pyridine rings is 2. The van der Waals surface area contributed by atoms with Crippen molar-refractivity contribution in [3.8, 4) is 11.1 Å². The van der Waals surface area contributed by atoms with Gasteiger partial charge in [0.05, 0.1) is 23.3 Å². The molecule has 7 nitrogen and oxygen atoms in total. The highest BCUT2D eigenvalue weighted by atomic mass is 19.1. The summed E-state index contributed by atoms with van der Waals surface area (Å²) in [5, 5.41) is 5.27. The maximum absolute atomic E-state index is 13.0. The fourth-order valence-electron chi connectivity index (χ4n) is 2.38. The number of carbonyl (C=O) groups excluding carboxylic acids is 2. The lowest BCUT2D eigenvalue weighted by atomic mass is 10.1. The highest BCUT2D eigenvalue weighted by molar-refractivity contribution is 6.05. The van der Waals surface area contributed by atoms with Gasteiger partial charge in [0.2, 0.25) is 11.9 Å². The first-order chi connectivity index (χ1) is 12.9. The summed E-state index contributed by atoms with van der Waals surface area (Å²) in [6.45, 7) is 1.38. The van der Waals surface area contributed by atoms with E-state index >= 15 is 0 Å². The number of aromatic nitrogens is 2. The SMILES string of the molecule is CC(=O)Nc1ccc(C(=O)Nc2cc(-c3ccc(F)nc3)ccc2N)nc1. The second kappa shape index (κ2) is 7.61. The van der Waals surface area contributed by atoms with Crippen LogP contribution in [0.2, 0.25) is 0 Å². The van der Waals surface area contributed by atoms with Crippen molar-refractivity contribution in [2.24, 2.45) is 0 Å². The zero-order chi connectivity index (χ0) is 19.4. The lowest BCUT2D eigenvalue weighted by molar-refractivity contribution is -0.114. The van der Waals surface area contributed by atoms with Gasteiger partial charge in [-0.15, -0.1) is 0 Å². The van der Waals surface area contributed by atoms with Gasteiger partial charge in [-0.25, -0.2) is 9.97 Å². The van der Waals surface area contributed by atoms with Gasteiger partial charge in [0.1, 0.15) is 5.69 Å². The highest BCUT2D eigenvalue weighted by Crippen LogP contribution is 2.27. The Morgan fingerprint density at radius 1 is 0.963 bits per heavy atom. The molecule has 0 atom stereocenters. The summed E-state index contributed by atoms with van der Waals surface area (Å²) in [6.07, 6.45) is 2.79. The molecule has 0 bridgehead atoms. The number of rotatable bonds is 4. The Morgan fingerprint density at radius 2 is 1.74 bits per heavy atom. The van der Waals surface area contributed by atoms with Crippen LogP contribution in [-0.4, -0.2) is 21.8 Å². The Kier molecular flexibility index (Phi) is 5.07. The van der Waals surface area contributed by atoms with Crippen LogP contribution < -0.4 is 16.4 Å². The normalized spacial score (nSPS) is 10.3. The summed E-state index contributed by atoms with van der Waals surface area (Å²) in [7, 11) is 0. The van der Waals surface area contributed by atoms with Gasteiger partial charge >= 0.3 is 0 Å². The van der Waals surface area contributed by atoms with E-state index in [0.717, 1.165) is 5.56 Å². The van der Waals surface area contributed by atoms with Crippen LogP contribution in [0.1, 0.15) is 17.4 Å². The molecule has 2 aromatic heterocycles. The molecule has 0 saturated heterocycles. The third-order valence-electron chi connectivity index (χ3n) is 3.68. The molecule has 8 heteroatoms. The standard InChI is InChI=1S/C19H16FN5O2/c1-11(26)24-14-4-6-16(22-10-14)19(27)25-17-8-12(2-5-15(17)21)13-3-7-18(20)23-9-13/h2-10H,21H2,1H3,(H,24,26)(H,25,27). The molecule has 136 valence electrons. The number of nitrogens with two attached hydrogens (primary N) is 1. The Morgan fingerprint density at radius 3 is 2.37 bits per heavy atom. The van der Waals surface area contributed by atoms with Gasteiger partial charge in [-0.2, -0.15) is 4.39 Å². The molecule has 0 spiro atoms. The molecule has 2 amide bonds. The van der Waals surface area contributed by atoms with Crippen molar-refractivity contribution in [2.75, 3.05) is 16.4 Å². The van der Waals surface area contributed by atoms with Crippen LogP contribution in [0.3, 0.4) is 0 Å². The number of carbonyl (C=O) groups is 2. The molecule has 0 radical (unpaired) electrons. The quantitative estimate of drug-likeness (QED) is 0.486. The first-order valence-electron chi connectivity index (χ1n) is 7.99. The van der Waals surface area contributed by atoms with E-state index in [9.17, 15) is 14.0 Å². The van der Waals surface area contributed by atoms with E-state index in [1.54, 1.807) is 30.3 Å². The van der Waals surface area contributed by atoms with Crippen LogP contribution in [-0.2, 0) is 4.79 Å². The molecule has 0 aliphatic carbocycles. The fourth-order valence-corrected chi connectivity index (χ4v) is 2.38. The number of nitrogens with one attached hydrogen (secondary N) is 2. The third kappa shape index (κ3) is 4.43. The number of benzene rings is 1. The molecule has 3 rings (SSSR count). The molecule has 0 saturated carbocycles. The van der Waals surface area contributed by atoms with Crippen molar-refractivity contribution >= 4 is 28.9 Å². The van der Waals surface area contributed by atoms with E-state index in [0.29, 0.717) is 22.6 Å². The number of hydrogen-bond donors (Lipinski definition) is 3. The van der Waals surface area contributed by atoms with E-state index in [-0.39, 0.29) is 11.6 Å². The molecule has 0 aliphatic rings. The fraction of sp³-hybridized carbons (Fsp3) is 0.0526. The van der Waals surface area contributed by atoms with Crippen molar-refractivity contribution in [1.29, 1.82) is 0 Å². The summed E-state index contributed by atoms with van der Waals surface area (Å²) >= 11 is 0. The highest BCUT2D eigenvalue weighted by Gasteiger charge is 2.11. The Balaban J connectivity index is 1.80. The van der Waals surface area contributed by atoms with Crippen molar-refractivity contribution in [3.05, 3.63) is 66.5 Å². The molecule has 0 fully saturated rings. The first kappa shape index (κ1) is 18.0. The minimum Gasteiger partial charge on any atom is -0.397 e. The van der Waals surface area contributed by atoms with Crippen LogP contribution in [0.15, 0.2) is 54.9 Å². The molecule has 0 aliphatic heterocycles. The lowest BCUT2D eigenvalue weighted by Crippen LogP contribution is -2.15. The number of nitrogens with zero attached hydrogens (tertiary/aromatic N) is 2. The second-order valence-electron chi connectivity index (χ2n) is 5.74. The summed E-state index contributed by atoms with van der Waals surface area (Å²) < 4.78 is 13.0. The zero-order valence-electron chi connectivity index (χ0n) is 14.4.